The molecule has 2 aliphatic rings. The second-order valence-electron chi connectivity index (χ2n) is 5.22. The first-order valence-corrected chi connectivity index (χ1v) is 6.77. The Balaban J connectivity index is 1.86. The Kier molecular flexibility index (Phi) is 2.87. The van der Waals surface area contributed by atoms with Crippen LogP contribution in [-0.4, -0.2) is 23.8 Å². The number of hydrogen-bond donors (Lipinski definition) is 1. The summed E-state index contributed by atoms with van der Waals surface area (Å²) in [5.74, 6) is 1.23. The van der Waals surface area contributed by atoms with Gasteiger partial charge in [0.1, 0.15) is 5.84 Å². The molecule has 1 aliphatic heterocycles. The predicted molar refractivity (Wildman–Crippen MR) is 70.7 cm³/mol. The van der Waals surface area contributed by atoms with Crippen LogP contribution in [0.5, 0.6) is 0 Å². The molecule has 1 unspecified atom stereocenters. The van der Waals surface area contributed by atoms with Crippen LogP contribution in [0.3, 0.4) is 0 Å². The van der Waals surface area contributed by atoms with Crippen LogP contribution in [0, 0.1) is 5.41 Å². The van der Waals surface area contributed by atoms with E-state index in [0.717, 1.165) is 25.3 Å². The van der Waals surface area contributed by atoms with Crippen molar-refractivity contribution < 1.29 is 0 Å². The molecule has 0 amide bonds. The molecule has 17 heavy (non-hydrogen) atoms. The summed E-state index contributed by atoms with van der Waals surface area (Å²) >= 11 is 0. The zero-order valence-electron chi connectivity index (χ0n) is 10.3. The fraction of sp³-hybridized carbons (Fsp3) is 0.533. The lowest BCUT2D eigenvalue weighted by atomic mass is 9.82. The van der Waals surface area contributed by atoms with E-state index >= 15 is 0 Å². The van der Waals surface area contributed by atoms with Gasteiger partial charge in [0.05, 0.1) is 0 Å². The van der Waals surface area contributed by atoms with Crippen LogP contribution in [0.4, 0.5) is 0 Å². The van der Waals surface area contributed by atoms with E-state index in [9.17, 15) is 0 Å². The smallest absolute Gasteiger partial charge is 0.103 e. The quantitative estimate of drug-likeness (QED) is 0.580. The molecule has 0 aromatic heterocycles. The number of amidine groups is 1. The van der Waals surface area contributed by atoms with Gasteiger partial charge in [-0.3, -0.25) is 5.41 Å². The second kappa shape index (κ2) is 4.52. The molecule has 1 aromatic carbocycles. The Morgan fingerprint density at radius 2 is 1.88 bits per heavy atom. The summed E-state index contributed by atoms with van der Waals surface area (Å²) in [4.78, 5) is 2.28. The van der Waals surface area contributed by atoms with Crippen molar-refractivity contribution in [2.75, 3.05) is 13.1 Å². The van der Waals surface area contributed by atoms with Gasteiger partial charge in [0.2, 0.25) is 0 Å². The molecule has 2 nitrogen and oxygen atoms in total. The summed E-state index contributed by atoms with van der Waals surface area (Å²) in [5.41, 5.74) is 2.88. The number of hydrogen-bond acceptors (Lipinski definition) is 1. The number of rotatable bonds is 1. The van der Waals surface area contributed by atoms with Gasteiger partial charge in [-0.25, -0.2) is 0 Å². The minimum atomic E-state index is 0.359. The maximum Gasteiger partial charge on any atom is 0.103 e. The van der Waals surface area contributed by atoms with Crippen molar-refractivity contribution >= 4 is 5.84 Å². The number of aryl methyl sites for hydroxylation is 1. The molecule has 0 bridgehead atoms. The van der Waals surface area contributed by atoms with E-state index in [2.05, 4.69) is 29.2 Å². The summed E-state index contributed by atoms with van der Waals surface area (Å²) in [5, 5.41) is 8.44. The number of benzene rings is 1. The zero-order chi connectivity index (χ0) is 11.7. The minimum absolute atomic E-state index is 0.359. The van der Waals surface area contributed by atoms with E-state index in [4.69, 9.17) is 5.41 Å². The van der Waals surface area contributed by atoms with Gasteiger partial charge in [-0.2, -0.15) is 0 Å². The summed E-state index contributed by atoms with van der Waals surface area (Å²) in [7, 11) is 0. The summed E-state index contributed by atoms with van der Waals surface area (Å²) in [6, 6.07) is 8.71. The molecule has 1 aromatic rings. The van der Waals surface area contributed by atoms with Crippen LogP contribution in [0.25, 0.3) is 0 Å². The van der Waals surface area contributed by atoms with Crippen molar-refractivity contribution in [3.05, 3.63) is 35.4 Å². The third kappa shape index (κ3) is 1.97. The van der Waals surface area contributed by atoms with Crippen molar-refractivity contribution in [2.45, 2.75) is 38.0 Å². The van der Waals surface area contributed by atoms with Crippen LogP contribution in [-0.2, 0) is 6.42 Å². The van der Waals surface area contributed by atoms with Crippen LogP contribution in [0.2, 0.25) is 0 Å². The van der Waals surface area contributed by atoms with Gasteiger partial charge in [0.25, 0.3) is 0 Å². The Morgan fingerprint density at radius 1 is 1.12 bits per heavy atom. The first-order chi connectivity index (χ1) is 8.36. The lowest BCUT2D eigenvalue weighted by molar-refractivity contribution is 0.477. The average molecular weight is 228 g/mol. The molecule has 1 aliphatic carbocycles. The number of fused-ring (bicyclic) bond motifs is 1. The van der Waals surface area contributed by atoms with Crippen molar-refractivity contribution in [3.8, 4) is 0 Å². The molecule has 1 saturated heterocycles. The number of nitrogens with one attached hydrogen (secondary N) is 1. The van der Waals surface area contributed by atoms with E-state index in [0.29, 0.717) is 5.92 Å². The predicted octanol–water partition coefficient (Wildman–Crippen LogP) is 3.18. The standard InChI is InChI=1S/C15H20N2/c16-15(17-10-3-4-11-17)14-9-5-7-12-6-1-2-8-13(12)14/h1-2,6,8,14,16H,3-5,7,9-11H2. The third-order valence-electron chi connectivity index (χ3n) is 4.15. The molecule has 90 valence electrons. The van der Waals surface area contributed by atoms with Gasteiger partial charge >= 0.3 is 0 Å². The van der Waals surface area contributed by atoms with Gasteiger partial charge in [-0.05, 0) is 43.2 Å². The van der Waals surface area contributed by atoms with Gasteiger partial charge in [0, 0.05) is 19.0 Å². The highest BCUT2D eigenvalue weighted by Crippen LogP contribution is 2.33. The van der Waals surface area contributed by atoms with Crippen LogP contribution in [0.15, 0.2) is 24.3 Å². The molecule has 1 atom stereocenters. The van der Waals surface area contributed by atoms with E-state index in [1.54, 1.807) is 0 Å². The van der Waals surface area contributed by atoms with Crippen molar-refractivity contribution in [2.24, 2.45) is 0 Å². The number of nitrogens with zero attached hydrogens (tertiary/aromatic N) is 1. The maximum absolute atomic E-state index is 8.44. The largest absolute Gasteiger partial charge is 0.360 e. The van der Waals surface area contributed by atoms with Crippen molar-refractivity contribution in [1.82, 2.24) is 4.90 Å². The first kappa shape index (κ1) is 10.8. The van der Waals surface area contributed by atoms with E-state index in [1.807, 2.05) is 0 Å². The minimum Gasteiger partial charge on any atom is -0.360 e. The molecule has 3 rings (SSSR count). The van der Waals surface area contributed by atoms with Gasteiger partial charge in [-0.1, -0.05) is 24.3 Å². The molecule has 2 heteroatoms. The van der Waals surface area contributed by atoms with Gasteiger partial charge in [0.15, 0.2) is 0 Å². The Hall–Kier alpha value is -1.31. The van der Waals surface area contributed by atoms with Crippen LogP contribution in [0.1, 0.15) is 42.7 Å². The van der Waals surface area contributed by atoms with E-state index in [-0.39, 0.29) is 0 Å². The van der Waals surface area contributed by atoms with E-state index < -0.39 is 0 Å². The van der Waals surface area contributed by atoms with Gasteiger partial charge in [-0.15, -0.1) is 0 Å². The molecular weight excluding hydrogens is 208 g/mol. The van der Waals surface area contributed by atoms with E-state index in [1.165, 1.54) is 36.8 Å². The molecule has 1 heterocycles. The van der Waals surface area contributed by atoms with Crippen molar-refractivity contribution in [1.29, 1.82) is 5.41 Å². The Labute approximate surface area is 103 Å². The highest BCUT2D eigenvalue weighted by molar-refractivity contribution is 5.87. The summed E-state index contributed by atoms with van der Waals surface area (Å²) in [6.45, 7) is 2.19. The highest BCUT2D eigenvalue weighted by atomic mass is 15.2. The normalized spacial score (nSPS) is 23.5. The molecule has 0 radical (unpaired) electrons. The maximum atomic E-state index is 8.44. The summed E-state index contributed by atoms with van der Waals surface area (Å²) in [6.07, 6.45) is 6.11. The van der Waals surface area contributed by atoms with Crippen LogP contribution >= 0.6 is 0 Å². The first-order valence-electron chi connectivity index (χ1n) is 6.77. The molecule has 1 fully saturated rings. The zero-order valence-corrected chi connectivity index (χ0v) is 10.3. The lowest BCUT2D eigenvalue weighted by Crippen LogP contribution is -2.33. The molecule has 0 saturated carbocycles. The van der Waals surface area contributed by atoms with Gasteiger partial charge < -0.3 is 4.90 Å². The fourth-order valence-electron chi connectivity index (χ4n) is 3.22. The Morgan fingerprint density at radius 3 is 2.71 bits per heavy atom. The summed E-state index contributed by atoms with van der Waals surface area (Å²) < 4.78 is 0. The molecule has 1 N–H and O–H groups in total. The monoisotopic (exact) mass is 228 g/mol. The van der Waals surface area contributed by atoms with Crippen LogP contribution < -0.4 is 0 Å². The highest BCUT2D eigenvalue weighted by Gasteiger charge is 2.27. The topological polar surface area (TPSA) is 27.1 Å². The molecular formula is C15H20N2. The lowest BCUT2D eigenvalue weighted by Gasteiger charge is -2.30. The second-order valence-corrected chi connectivity index (χ2v) is 5.22. The average Bonchev–Trinajstić information content (AvgIpc) is 2.91. The fourth-order valence-corrected chi connectivity index (χ4v) is 3.22. The number of likely N-dealkylation sites (tertiary alicyclic amines) is 1. The van der Waals surface area contributed by atoms with Crippen molar-refractivity contribution in [3.63, 3.8) is 0 Å². The molecule has 0 spiro atoms. The Bertz CT molecular complexity index is 419. The third-order valence-corrected chi connectivity index (χ3v) is 4.15. The SMILES string of the molecule is N=C(C1CCCc2ccccc21)N1CCCC1.